The van der Waals surface area contributed by atoms with E-state index in [1.807, 2.05) is 4.90 Å². The lowest BCUT2D eigenvalue weighted by Crippen LogP contribution is -2.43. The maximum Gasteiger partial charge on any atom is 0.224 e. The van der Waals surface area contributed by atoms with Crippen LogP contribution in [-0.2, 0) is 4.79 Å². The van der Waals surface area contributed by atoms with Crippen LogP contribution in [0.4, 0.5) is 8.78 Å². The lowest BCUT2D eigenvalue weighted by molar-refractivity contribution is -0.126. The van der Waals surface area contributed by atoms with E-state index in [9.17, 15) is 18.7 Å². The third-order valence-electron chi connectivity index (χ3n) is 3.88. The summed E-state index contributed by atoms with van der Waals surface area (Å²) in [6.45, 7) is 1.66. The van der Waals surface area contributed by atoms with E-state index in [-0.39, 0.29) is 11.8 Å². The standard InChI is InChI=1S/C15H20F2N2O2/c1-18-15(21)11-3-2-6-19(8-11)9-14(20)10-4-5-12(16)13(17)7-10/h4-5,7,11,14,20H,2-3,6,8-9H2,1H3,(H,18,21). The first-order valence-corrected chi connectivity index (χ1v) is 7.08. The molecule has 1 heterocycles. The quantitative estimate of drug-likeness (QED) is 0.885. The second kappa shape index (κ2) is 6.95. The van der Waals surface area contributed by atoms with Gasteiger partial charge in [0.1, 0.15) is 0 Å². The zero-order chi connectivity index (χ0) is 15.4. The van der Waals surface area contributed by atoms with Crippen molar-refractivity contribution in [2.75, 3.05) is 26.7 Å². The number of halogens is 2. The van der Waals surface area contributed by atoms with Crippen molar-refractivity contribution in [3.8, 4) is 0 Å². The normalized spacial score (nSPS) is 21.0. The maximum absolute atomic E-state index is 13.2. The predicted octanol–water partition coefficient (Wildman–Crippen LogP) is 1.46. The fourth-order valence-electron chi connectivity index (χ4n) is 2.71. The number of hydrogen-bond donors (Lipinski definition) is 2. The van der Waals surface area contributed by atoms with Crippen LogP contribution in [0.2, 0.25) is 0 Å². The highest BCUT2D eigenvalue weighted by Gasteiger charge is 2.26. The molecule has 2 N–H and O–H groups in total. The van der Waals surface area contributed by atoms with Crippen molar-refractivity contribution < 1.29 is 18.7 Å². The number of amides is 1. The fourth-order valence-corrected chi connectivity index (χ4v) is 2.71. The number of β-amino-alcohol motifs (C(OH)–C–C–N with tert-alkyl or cyclic N) is 1. The van der Waals surface area contributed by atoms with Gasteiger partial charge in [-0.25, -0.2) is 8.78 Å². The number of benzene rings is 1. The second-order valence-electron chi connectivity index (χ2n) is 5.40. The van der Waals surface area contributed by atoms with Gasteiger partial charge in [-0.3, -0.25) is 9.69 Å². The lowest BCUT2D eigenvalue weighted by Gasteiger charge is -2.33. The van der Waals surface area contributed by atoms with Crippen LogP contribution < -0.4 is 5.32 Å². The summed E-state index contributed by atoms with van der Waals surface area (Å²) in [6.07, 6.45) is 0.809. The topological polar surface area (TPSA) is 52.6 Å². The molecule has 0 aromatic heterocycles. The zero-order valence-electron chi connectivity index (χ0n) is 12.0. The van der Waals surface area contributed by atoms with E-state index >= 15 is 0 Å². The van der Waals surface area contributed by atoms with Gasteiger partial charge >= 0.3 is 0 Å². The van der Waals surface area contributed by atoms with E-state index in [2.05, 4.69) is 5.32 Å². The average molecular weight is 298 g/mol. The molecule has 0 saturated carbocycles. The van der Waals surface area contributed by atoms with E-state index in [0.29, 0.717) is 18.7 Å². The molecule has 2 rings (SSSR count). The Kier molecular flexibility index (Phi) is 5.25. The minimum absolute atomic E-state index is 0.00187. The third kappa shape index (κ3) is 3.98. The zero-order valence-corrected chi connectivity index (χ0v) is 12.0. The van der Waals surface area contributed by atoms with Crippen LogP contribution in [0.15, 0.2) is 18.2 Å². The monoisotopic (exact) mass is 298 g/mol. The van der Waals surface area contributed by atoms with Crippen LogP contribution in [0.1, 0.15) is 24.5 Å². The van der Waals surface area contributed by atoms with Crippen LogP contribution >= 0.6 is 0 Å². The summed E-state index contributed by atoms with van der Waals surface area (Å²) < 4.78 is 26.1. The third-order valence-corrected chi connectivity index (χ3v) is 3.88. The van der Waals surface area contributed by atoms with Gasteiger partial charge in [-0.1, -0.05) is 6.07 Å². The molecule has 1 saturated heterocycles. The molecular weight excluding hydrogens is 278 g/mol. The van der Waals surface area contributed by atoms with Crippen molar-refractivity contribution in [2.45, 2.75) is 18.9 Å². The predicted molar refractivity (Wildman–Crippen MR) is 74.5 cm³/mol. The Morgan fingerprint density at radius 1 is 1.48 bits per heavy atom. The first kappa shape index (κ1) is 15.9. The number of nitrogens with one attached hydrogen (secondary N) is 1. The van der Waals surface area contributed by atoms with E-state index < -0.39 is 17.7 Å². The molecule has 1 amide bonds. The minimum atomic E-state index is -0.964. The first-order chi connectivity index (χ1) is 10.0. The van der Waals surface area contributed by atoms with E-state index in [4.69, 9.17) is 0 Å². The number of piperidine rings is 1. The van der Waals surface area contributed by atoms with Crippen molar-refractivity contribution in [1.82, 2.24) is 10.2 Å². The number of hydrogen-bond acceptors (Lipinski definition) is 3. The van der Waals surface area contributed by atoms with Crippen LogP contribution in [0.3, 0.4) is 0 Å². The van der Waals surface area contributed by atoms with Crippen LogP contribution in [0, 0.1) is 17.6 Å². The number of aliphatic hydroxyl groups is 1. The van der Waals surface area contributed by atoms with Gasteiger partial charge in [0, 0.05) is 20.1 Å². The molecule has 1 aliphatic rings. The summed E-state index contributed by atoms with van der Waals surface area (Å²) in [6, 6.07) is 3.40. The highest BCUT2D eigenvalue weighted by Crippen LogP contribution is 2.21. The van der Waals surface area contributed by atoms with E-state index in [1.165, 1.54) is 6.07 Å². The molecule has 1 fully saturated rings. The smallest absolute Gasteiger partial charge is 0.224 e. The number of rotatable bonds is 4. The number of carbonyl (C=O) groups is 1. The summed E-state index contributed by atoms with van der Waals surface area (Å²) >= 11 is 0. The Morgan fingerprint density at radius 2 is 2.24 bits per heavy atom. The van der Waals surface area contributed by atoms with Gasteiger partial charge in [-0.05, 0) is 37.1 Å². The fraction of sp³-hybridized carbons (Fsp3) is 0.533. The minimum Gasteiger partial charge on any atom is -0.387 e. The van der Waals surface area contributed by atoms with Gasteiger partial charge in [0.15, 0.2) is 11.6 Å². The van der Waals surface area contributed by atoms with Gasteiger partial charge in [-0.2, -0.15) is 0 Å². The average Bonchev–Trinajstić information content (AvgIpc) is 2.49. The van der Waals surface area contributed by atoms with E-state index in [1.54, 1.807) is 7.05 Å². The SMILES string of the molecule is CNC(=O)C1CCCN(CC(O)c2ccc(F)c(F)c2)C1. The molecule has 6 heteroatoms. The number of carbonyl (C=O) groups excluding carboxylic acids is 1. The van der Waals surface area contributed by atoms with Gasteiger partial charge in [0.05, 0.1) is 12.0 Å². The van der Waals surface area contributed by atoms with Crippen molar-refractivity contribution in [3.63, 3.8) is 0 Å². The van der Waals surface area contributed by atoms with Gasteiger partial charge in [-0.15, -0.1) is 0 Å². The molecule has 0 bridgehead atoms. The molecule has 1 aliphatic heterocycles. The summed E-state index contributed by atoms with van der Waals surface area (Å²) in [4.78, 5) is 13.6. The molecule has 0 radical (unpaired) electrons. The van der Waals surface area contributed by atoms with Crippen molar-refractivity contribution in [1.29, 1.82) is 0 Å². The number of nitrogens with zero attached hydrogens (tertiary/aromatic N) is 1. The van der Waals surface area contributed by atoms with Gasteiger partial charge in [0.2, 0.25) is 5.91 Å². The largest absolute Gasteiger partial charge is 0.387 e. The van der Waals surface area contributed by atoms with Crippen LogP contribution in [0.5, 0.6) is 0 Å². The highest BCUT2D eigenvalue weighted by molar-refractivity contribution is 5.78. The molecule has 0 spiro atoms. The van der Waals surface area contributed by atoms with Crippen LogP contribution in [0.25, 0.3) is 0 Å². The molecule has 2 unspecified atom stereocenters. The summed E-state index contributed by atoms with van der Waals surface area (Å²) in [5.41, 5.74) is 0.343. The first-order valence-electron chi connectivity index (χ1n) is 7.08. The summed E-state index contributed by atoms with van der Waals surface area (Å²) in [5, 5.41) is 12.8. The Morgan fingerprint density at radius 3 is 2.90 bits per heavy atom. The summed E-state index contributed by atoms with van der Waals surface area (Å²) in [7, 11) is 1.61. The Bertz CT molecular complexity index is 510. The number of likely N-dealkylation sites (tertiary alicyclic amines) is 1. The maximum atomic E-state index is 13.2. The van der Waals surface area contributed by atoms with Crippen LogP contribution in [-0.4, -0.2) is 42.6 Å². The van der Waals surface area contributed by atoms with Gasteiger partial charge in [0.25, 0.3) is 0 Å². The molecule has 1 aromatic rings. The molecule has 4 nitrogen and oxygen atoms in total. The molecule has 2 atom stereocenters. The number of aliphatic hydroxyl groups excluding tert-OH is 1. The van der Waals surface area contributed by atoms with Crippen molar-refractivity contribution in [3.05, 3.63) is 35.4 Å². The Hall–Kier alpha value is -1.53. The molecular formula is C15H20F2N2O2. The lowest BCUT2D eigenvalue weighted by atomic mass is 9.96. The Labute approximate surface area is 122 Å². The molecule has 0 aliphatic carbocycles. The second-order valence-corrected chi connectivity index (χ2v) is 5.40. The van der Waals surface area contributed by atoms with Crippen molar-refractivity contribution >= 4 is 5.91 Å². The van der Waals surface area contributed by atoms with Gasteiger partial charge < -0.3 is 10.4 Å². The van der Waals surface area contributed by atoms with Crippen molar-refractivity contribution in [2.24, 2.45) is 5.92 Å². The summed E-state index contributed by atoms with van der Waals surface area (Å²) in [5.74, 6) is -1.97. The Balaban J connectivity index is 1.96. The highest BCUT2D eigenvalue weighted by atomic mass is 19.2. The molecule has 116 valence electrons. The van der Waals surface area contributed by atoms with E-state index in [0.717, 1.165) is 31.5 Å². The molecule has 21 heavy (non-hydrogen) atoms. The molecule has 1 aromatic carbocycles.